The van der Waals surface area contributed by atoms with E-state index < -0.39 is 11.7 Å². The molecule has 0 bridgehead atoms. The molecule has 0 spiro atoms. The number of ether oxygens (including phenoxy) is 1. The van der Waals surface area contributed by atoms with Crippen LogP contribution in [0.1, 0.15) is 16.2 Å². The number of hydrogen-bond acceptors (Lipinski definition) is 5. The second kappa shape index (κ2) is 8.74. The Bertz CT molecular complexity index is 1520. The fourth-order valence-corrected chi connectivity index (χ4v) is 3.73. The van der Waals surface area contributed by atoms with Gasteiger partial charge in [0.05, 0.1) is 24.0 Å². The van der Waals surface area contributed by atoms with Crippen LogP contribution in [0.4, 0.5) is 10.1 Å². The minimum absolute atomic E-state index is 0.0324. The SMILES string of the molecule is COc1ccc(NC(=O)c2cc(-c3ccnc4ccccc34)n(-c3cccc(C)n3)n2)c(F)c1. The Labute approximate surface area is 194 Å². The summed E-state index contributed by atoms with van der Waals surface area (Å²) in [7, 11) is 1.45. The van der Waals surface area contributed by atoms with Gasteiger partial charge in [0, 0.05) is 28.9 Å². The lowest BCUT2D eigenvalue weighted by Crippen LogP contribution is -2.14. The Hall–Kier alpha value is -4.59. The zero-order valence-electron chi connectivity index (χ0n) is 18.5. The zero-order valence-corrected chi connectivity index (χ0v) is 18.5. The van der Waals surface area contributed by atoms with Crippen LogP contribution in [-0.4, -0.2) is 32.8 Å². The molecule has 168 valence electrons. The summed E-state index contributed by atoms with van der Waals surface area (Å²) in [4.78, 5) is 22.1. The molecule has 3 aromatic heterocycles. The molecule has 0 atom stereocenters. The van der Waals surface area contributed by atoms with E-state index in [0.29, 0.717) is 17.3 Å². The van der Waals surface area contributed by atoms with Gasteiger partial charge in [-0.05, 0) is 49.4 Å². The molecule has 3 heterocycles. The maximum atomic E-state index is 14.4. The molecule has 0 aliphatic heterocycles. The van der Waals surface area contributed by atoms with E-state index in [1.54, 1.807) is 23.0 Å². The number of benzene rings is 2. The van der Waals surface area contributed by atoms with Crippen molar-refractivity contribution in [3.63, 3.8) is 0 Å². The summed E-state index contributed by atoms with van der Waals surface area (Å²) in [5, 5.41) is 8.04. The van der Waals surface area contributed by atoms with Gasteiger partial charge in [0.1, 0.15) is 11.6 Å². The fourth-order valence-electron chi connectivity index (χ4n) is 3.73. The summed E-state index contributed by atoms with van der Waals surface area (Å²) < 4.78 is 21.0. The zero-order chi connectivity index (χ0) is 23.7. The second-order valence-corrected chi connectivity index (χ2v) is 7.64. The standard InChI is InChI=1S/C26H20FN5O2/c1-16-6-5-9-25(29-16)32-24(19-12-13-28-21-8-4-3-7-18(19)21)15-23(31-32)26(33)30-22-11-10-17(34-2)14-20(22)27/h3-15H,1-2H3,(H,30,33). The van der Waals surface area contributed by atoms with E-state index in [4.69, 9.17) is 4.74 Å². The summed E-state index contributed by atoms with van der Waals surface area (Å²) in [6.07, 6.45) is 1.71. The lowest BCUT2D eigenvalue weighted by Gasteiger charge is -2.09. The molecule has 2 aromatic carbocycles. The molecule has 5 aromatic rings. The van der Waals surface area contributed by atoms with E-state index in [0.717, 1.165) is 22.2 Å². The number of amides is 1. The lowest BCUT2D eigenvalue weighted by molar-refractivity contribution is 0.102. The Morgan fingerprint density at radius 3 is 2.68 bits per heavy atom. The maximum absolute atomic E-state index is 14.4. The smallest absolute Gasteiger partial charge is 0.276 e. The predicted molar refractivity (Wildman–Crippen MR) is 128 cm³/mol. The van der Waals surface area contributed by atoms with E-state index >= 15 is 0 Å². The highest BCUT2D eigenvalue weighted by molar-refractivity contribution is 6.04. The summed E-state index contributed by atoms with van der Waals surface area (Å²) in [5.74, 6) is -0.231. The molecule has 1 N–H and O–H groups in total. The van der Waals surface area contributed by atoms with Gasteiger partial charge in [-0.1, -0.05) is 24.3 Å². The number of aromatic nitrogens is 4. The third-order valence-electron chi connectivity index (χ3n) is 5.38. The van der Waals surface area contributed by atoms with Crippen LogP contribution in [0.5, 0.6) is 5.75 Å². The van der Waals surface area contributed by atoms with Gasteiger partial charge in [-0.3, -0.25) is 9.78 Å². The molecule has 1 amide bonds. The number of halogens is 1. The molecule has 0 aliphatic rings. The molecule has 0 fully saturated rings. The topological polar surface area (TPSA) is 81.9 Å². The number of methoxy groups -OCH3 is 1. The number of para-hydroxylation sites is 1. The molecule has 8 heteroatoms. The van der Waals surface area contributed by atoms with Crippen molar-refractivity contribution >= 4 is 22.5 Å². The number of anilines is 1. The number of nitrogens with one attached hydrogen (secondary N) is 1. The first-order valence-corrected chi connectivity index (χ1v) is 10.6. The first kappa shape index (κ1) is 21.3. The first-order valence-electron chi connectivity index (χ1n) is 10.6. The number of rotatable bonds is 5. The average Bonchev–Trinajstić information content (AvgIpc) is 3.30. The first-order chi connectivity index (χ1) is 16.5. The normalized spacial score (nSPS) is 10.9. The van der Waals surface area contributed by atoms with Crippen LogP contribution in [0.2, 0.25) is 0 Å². The molecule has 0 aliphatic carbocycles. The van der Waals surface area contributed by atoms with Crippen molar-refractivity contribution in [1.29, 1.82) is 0 Å². The number of aryl methyl sites for hydroxylation is 1. The van der Waals surface area contributed by atoms with Gasteiger partial charge in [0.2, 0.25) is 0 Å². The monoisotopic (exact) mass is 453 g/mol. The molecule has 0 unspecified atom stereocenters. The number of fused-ring (bicyclic) bond motifs is 1. The van der Waals surface area contributed by atoms with Crippen molar-refractivity contribution in [3.8, 4) is 22.8 Å². The van der Waals surface area contributed by atoms with E-state index in [1.807, 2.05) is 55.5 Å². The third-order valence-corrected chi connectivity index (χ3v) is 5.38. The molecule has 5 rings (SSSR count). The van der Waals surface area contributed by atoms with Crippen molar-refractivity contribution in [3.05, 3.63) is 96.2 Å². The number of carbonyl (C=O) groups is 1. The van der Waals surface area contributed by atoms with Crippen LogP contribution in [0.25, 0.3) is 28.0 Å². The Morgan fingerprint density at radius 1 is 1.03 bits per heavy atom. The Balaban J connectivity index is 1.62. The molecule has 0 radical (unpaired) electrons. The van der Waals surface area contributed by atoms with Gasteiger partial charge in [-0.2, -0.15) is 5.10 Å². The predicted octanol–water partition coefficient (Wildman–Crippen LogP) is 5.19. The lowest BCUT2D eigenvalue weighted by atomic mass is 10.1. The number of carbonyl (C=O) groups excluding carboxylic acids is 1. The van der Waals surface area contributed by atoms with Crippen LogP contribution in [0.15, 0.2) is 79.0 Å². The average molecular weight is 453 g/mol. The van der Waals surface area contributed by atoms with Gasteiger partial charge < -0.3 is 10.1 Å². The van der Waals surface area contributed by atoms with Gasteiger partial charge in [-0.25, -0.2) is 14.1 Å². The molecule has 0 saturated heterocycles. The number of nitrogens with zero attached hydrogens (tertiary/aromatic N) is 4. The van der Waals surface area contributed by atoms with Gasteiger partial charge in [0.15, 0.2) is 11.5 Å². The Morgan fingerprint density at radius 2 is 1.88 bits per heavy atom. The molecular formula is C26H20FN5O2. The van der Waals surface area contributed by atoms with Crippen LogP contribution in [-0.2, 0) is 0 Å². The van der Waals surface area contributed by atoms with Gasteiger partial charge in [-0.15, -0.1) is 0 Å². The van der Waals surface area contributed by atoms with Crippen LogP contribution in [0.3, 0.4) is 0 Å². The molecule has 0 saturated carbocycles. The van der Waals surface area contributed by atoms with Crippen molar-refractivity contribution in [2.45, 2.75) is 6.92 Å². The van der Waals surface area contributed by atoms with E-state index in [-0.39, 0.29) is 11.4 Å². The van der Waals surface area contributed by atoms with Crippen molar-refractivity contribution < 1.29 is 13.9 Å². The van der Waals surface area contributed by atoms with Crippen LogP contribution < -0.4 is 10.1 Å². The van der Waals surface area contributed by atoms with Crippen molar-refractivity contribution in [1.82, 2.24) is 19.7 Å². The number of pyridine rings is 2. The highest BCUT2D eigenvalue weighted by atomic mass is 19.1. The minimum atomic E-state index is -0.604. The second-order valence-electron chi connectivity index (χ2n) is 7.64. The summed E-state index contributed by atoms with van der Waals surface area (Å²) in [6.45, 7) is 1.88. The quantitative estimate of drug-likeness (QED) is 0.396. The number of hydrogen-bond donors (Lipinski definition) is 1. The van der Waals surface area contributed by atoms with Crippen LogP contribution in [0, 0.1) is 12.7 Å². The highest BCUT2D eigenvalue weighted by Crippen LogP contribution is 2.30. The third kappa shape index (κ3) is 3.97. The minimum Gasteiger partial charge on any atom is -0.497 e. The summed E-state index contributed by atoms with van der Waals surface area (Å²) >= 11 is 0. The van der Waals surface area contributed by atoms with Gasteiger partial charge >= 0.3 is 0 Å². The summed E-state index contributed by atoms with van der Waals surface area (Å²) in [6, 6.07) is 21.1. The van der Waals surface area contributed by atoms with Gasteiger partial charge in [0.25, 0.3) is 5.91 Å². The van der Waals surface area contributed by atoms with Crippen molar-refractivity contribution in [2.75, 3.05) is 12.4 Å². The largest absolute Gasteiger partial charge is 0.497 e. The maximum Gasteiger partial charge on any atom is 0.276 e. The van der Waals surface area contributed by atoms with E-state index in [1.165, 1.54) is 19.2 Å². The highest BCUT2D eigenvalue weighted by Gasteiger charge is 2.20. The fraction of sp³-hybridized carbons (Fsp3) is 0.0769. The van der Waals surface area contributed by atoms with Crippen molar-refractivity contribution in [2.24, 2.45) is 0 Å². The Kier molecular flexibility index (Phi) is 5.47. The molecule has 34 heavy (non-hydrogen) atoms. The molecule has 7 nitrogen and oxygen atoms in total. The van der Waals surface area contributed by atoms with E-state index in [2.05, 4.69) is 20.4 Å². The summed E-state index contributed by atoms with van der Waals surface area (Å²) in [5.41, 5.74) is 3.29. The molecular weight excluding hydrogens is 433 g/mol. The van der Waals surface area contributed by atoms with E-state index in [9.17, 15) is 9.18 Å². The van der Waals surface area contributed by atoms with Crippen LogP contribution >= 0.6 is 0 Å².